The van der Waals surface area contributed by atoms with Gasteiger partial charge in [0.2, 0.25) is 0 Å². The largest absolute Gasteiger partial charge is 0.489 e. The van der Waals surface area contributed by atoms with Crippen LogP contribution >= 0.6 is 24.0 Å². The molecule has 0 saturated heterocycles. The molecular weight excluding hydrogens is 488 g/mol. The summed E-state index contributed by atoms with van der Waals surface area (Å²) in [5, 5.41) is 3.15. The van der Waals surface area contributed by atoms with Crippen molar-refractivity contribution in [1.29, 1.82) is 0 Å². The molecule has 0 bridgehead atoms. The Morgan fingerprint density at radius 1 is 1.26 bits per heavy atom. The van der Waals surface area contributed by atoms with E-state index in [9.17, 15) is 12.8 Å². The molecule has 0 aliphatic rings. The number of hydrogen-bond donors (Lipinski definition) is 1. The van der Waals surface area contributed by atoms with Gasteiger partial charge in [-0.25, -0.2) is 12.8 Å². The molecule has 10 heteroatoms. The topological polar surface area (TPSA) is 80.2 Å². The summed E-state index contributed by atoms with van der Waals surface area (Å²) in [7, 11) is -1.15. The molecule has 7 nitrogen and oxygen atoms in total. The van der Waals surface area contributed by atoms with Gasteiger partial charge in [-0.1, -0.05) is 12.1 Å². The number of rotatable bonds is 11. The van der Waals surface area contributed by atoms with Crippen LogP contribution in [0, 0.1) is 5.82 Å². The summed E-state index contributed by atoms with van der Waals surface area (Å²) in [6, 6.07) is 6.27. The highest BCUT2D eigenvalue weighted by Gasteiger charge is 2.07. The molecule has 0 radical (unpaired) electrons. The molecule has 0 unspecified atom stereocenters. The zero-order chi connectivity index (χ0) is 19.4. The Morgan fingerprint density at radius 2 is 1.96 bits per heavy atom. The van der Waals surface area contributed by atoms with Crippen LogP contribution in [0.4, 0.5) is 4.39 Å². The van der Waals surface area contributed by atoms with Crippen molar-refractivity contribution in [1.82, 2.24) is 10.2 Å². The Hall–Kier alpha value is -1.14. The minimum Gasteiger partial charge on any atom is -0.489 e. The van der Waals surface area contributed by atoms with Gasteiger partial charge in [-0.2, -0.15) is 0 Å². The molecule has 0 amide bonds. The van der Waals surface area contributed by atoms with E-state index in [1.807, 2.05) is 18.9 Å². The van der Waals surface area contributed by atoms with Gasteiger partial charge in [0.1, 0.15) is 16.4 Å². The average molecular weight is 517 g/mol. The van der Waals surface area contributed by atoms with E-state index in [2.05, 4.69) is 10.3 Å². The van der Waals surface area contributed by atoms with Gasteiger partial charge in [0.25, 0.3) is 0 Å². The molecule has 0 fully saturated rings. The fourth-order valence-electron chi connectivity index (χ4n) is 1.96. The van der Waals surface area contributed by atoms with E-state index < -0.39 is 9.84 Å². The van der Waals surface area contributed by atoms with Crippen LogP contribution in [-0.4, -0.2) is 77.8 Å². The second-order valence-corrected chi connectivity index (χ2v) is 7.94. The first-order valence-electron chi connectivity index (χ1n) is 8.45. The van der Waals surface area contributed by atoms with Crippen LogP contribution in [-0.2, 0) is 14.6 Å². The highest BCUT2D eigenvalue weighted by Crippen LogP contribution is 2.14. The summed E-state index contributed by atoms with van der Waals surface area (Å²) in [6.07, 6.45) is 1.18. The third-order valence-corrected chi connectivity index (χ3v) is 4.22. The predicted octanol–water partition coefficient (Wildman–Crippen LogP) is 1.78. The first-order valence-corrected chi connectivity index (χ1v) is 10.5. The highest BCUT2D eigenvalue weighted by molar-refractivity contribution is 14.0. The Labute approximate surface area is 178 Å². The second kappa shape index (κ2) is 13.9. The quantitative estimate of drug-likeness (QED) is 0.209. The summed E-state index contributed by atoms with van der Waals surface area (Å²) in [5.41, 5.74) is 0. The summed E-state index contributed by atoms with van der Waals surface area (Å²) in [6.45, 7) is 4.40. The maximum absolute atomic E-state index is 13.5. The van der Waals surface area contributed by atoms with Crippen molar-refractivity contribution >= 4 is 39.8 Å². The van der Waals surface area contributed by atoms with Crippen molar-refractivity contribution in [2.75, 3.05) is 58.5 Å². The minimum absolute atomic E-state index is 0. The van der Waals surface area contributed by atoms with E-state index in [0.29, 0.717) is 38.8 Å². The van der Waals surface area contributed by atoms with Gasteiger partial charge in [-0.05, 0) is 19.1 Å². The molecule has 156 valence electrons. The molecule has 1 aromatic carbocycles. The number of benzene rings is 1. The maximum atomic E-state index is 13.5. The van der Waals surface area contributed by atoms with Gasteiger partial charge in [-0.3, -0.25) is 4.99 Å². The van der Waals surface area contributed by atoms with E-state index in [0.717, 1.165) is 0 Å². The zero-order valence-electron chi connectivity index (χ0n) is 16.0. The molecule has 0 atom stereocenters. The van der Waals surface area contributed by atoms with Gasteiger partial charge >= 0.3 is 0 Å². The SMILES string of the molecule is CCNC(=NCCOCCS(C)(=O)=O)N(C)CCOc1ccccc1F.I. The molecule has 0 spiro atoms. The maximum Gasteiger partial charge on any atom is 0.193 e. The predicted molar refractivity (Wildman–Crippen MR) is 116 cm³/mol. The number of ether oxygens (including phenoxy) is 2. The molecule has 0 aromatic heterocycles. The van der Waals surface area contributed by atoms with Gasteiger partial charge in [0.05, 0.1) is 32.1 Å². The lowest BCUT2D eigenvalue weighted by molar-refractivity contribution is 0.157. The third-order valence-electron chi connectivity index (χ3n) is 3.31. The minimum atomic E-state index is -3.01. The molecule has 0 aliphatic carbocycles. The molecule has 1 N–H and O–H groups in total. The van der Waals surface area contributed by atoms with Crippen LogP contribution in [0.1, 0.15) is 6.92 Å². The molecule has 27 heavy (non-hydrogen) atoms. The first kappa shape index (κ1) is 25.9. The average Bonchev–Trinajstić information content (AvgIpc) is 2.57. The summed E-state index contributed by atoms with van der Waals surface area (Å²) >= 11 is 0. The number of para-hydroxylation sites is 1. The van der Waals surface area contributed by atoms with Crippen molar-refractivity contribution < 1.29 is 22.3 Å². The monoisotopic (exact) mass is 517 g/mol. The van der Waals surface area contributed by atoms with E-state index in [1.165, 1.54) is 12.3 Å². The number of nitrogens with one attached hydrogen (secondary N) is 1. The Bertz CT molecular complexity index is 674. The van der Waals surface area contributed by atoms with Gasteiger partial charge < -0.3 is 19.7 Å². The van der Waals surface area contributed by atoms with E-state index in [1.54, 1.807) is 18.2 Å². The highest BCUT2D eigenvalue weighted by atomic mass is 127. The normalized spacial score (nSPS) is 11.6. The lowest BCUT2D eigenvalue weighted by Gasteiger charge is -2.22. The van der Waals surface area contributed by atoms with E-state index in [-0.39, 0.29) is 47.9 Å². The van der Waals surface area contributed by atoms with Crippen LogP contribution in [0.25, 0.3) is 0 Å². The van der Waals surface area contributed by atoms with E-state index in [4.69, 9.17) is 9.47 Å². The number of hydrogen-bond acceptors (Lipinski definition) is 5. The van der Waals surface area contributed by atoms with Gasteiger partial charge in [0.15, 0.2) is 17.5 Å². The molecule has 0 aliphatic heterocycles. The number of likely N-dealkylation sites (N-methyl/N-ethyl adjacent to an activating group) is 1. The Balaban J connectivity index is 0.00000676. The first-order chi connectivity index (χ1) is 12.3. The zero-order valence-corrected chi connectivity index (χ0v) is 19.1. The Kier molecular flexibility index (Phi) is 13.4. The molecule has 0 saturated carbocycles. The lowest BCUT2D eigenvalue weighted by atomic mass is 10.3. The van der Waals surface area contributed by atoms with Crippen molar-refractivity contribution in [2.24, 2.45) is 4.99 Å². The van der Waals surface area contributed by atoms with Crippen LogP contribution in [0.3, 0.4) is 0 Å². The smallest absolute Gasteiger partial charge is 0.193 e. The second-order valence-electron chi connectivity index (χ2n) is 5.68. The third kappa shape index (κ3) is 12.0. The van der Waals surface area contributed by atoms with Crippen molar-refractivity contribution in [2.45, 2.75) is 6.92 Å². The van der Waals surface area contributed by atoms with Crippen molar-refractivity contribution in [3.05, 3.63) is 30.1 Å². The van der Waals surface area contributed by atoms with Crippen LogP contribution in [0.2, 0.25) is 0 Å². The Morgan fingerprint density at radius 3 is 2.59 bits per heavy atom. The number of guanidine groups is 1. The van der Waals surface area contributed by atoms with E-state index >= 15 is 0 Å². The van der Waals surface area contributed by atoms with Crippen molar-refractivity contribution in [3.63, 3.8) is 0 Å². The molecule has 0 heterocycles. The molecular formula is C17H29FIN3O4S. The summed E-state index contributed by atoms with van der Waals surface area (Å²) < 4.78 is 46.2. The fourth-order valence-corrected chi connectivity index (χ4v) is 2.38. The fraction of sp³-hybridized carbons (Fsp3) is 0.588. The molecule has 1 rings (SSSR count). The van der Waals surface area contributed by atoms with Crippen LogP contribution < -0.4 is 10.1 Å². The number of aliphatic imine (C=N–C) groups is 1. The van der Waals surface area contributed by atoms with Crippen LogP contribution in [0.15, 0.2) is 29.3 Å². The van der Waals surface area contributed by atoms with Gasteiger partial charge in [-0.15, -0.1) is 24.0 Å². The number of halogens is 2. The van der Waals surface area contributed by atoms with Crippen LogP contribution in [0.5, 0.6) is 5.75 Å². The van der Waals surface area contributed by atoms with Gasteiger partial charge in [0, 0.05) is 19.8 Å². The summed E-state index contributed by atoms with van der Waals surface area (Å²) in [5.74, 6) is 0.518. The van der Waals surface area contributed by atoms with Crippen molar-refractivity contribution in [3.8, 4) is 5.75 Å². The number of nitrogens with zero attached hydrogens (tertiary/aromatic N) is 2. The number of sulfone groups is 1. The lowest BCUT2D eigenvalue weighted by Crippen LogP contribution is -2.41. The summed E-state index contributed by atoms with van der Waals surface area (Å²) in [4.78, 5) is 6.29. The standard InChI is InChI=1S/C17H28FN3O4S.HI/c1-4-19-17(20-9-11-24-13-14-26(3,22)23)21(2)10-12-25-16-8-6-5-7-15(16)18;/h5-8H,4,9-14H2,1-3H3,(H,19,20);1H. The molecule has 1 aromatic rings.